The van der Waals surface area contributed by atoms with Gasteiger partial charge in [0.05, 0.1) is 0 Å². The Morgan fingerprint density at radius 2 is 1.78 bits per heavy atom. The van der Waals surface area contributed by atoms with Crippen LogP contribution in [0.2, 0.25) is 0 Å². The van der Waals surface area contributed by atoms with Crippen molar-refractivity contribution in [2.24, 2.45) is 0 Å². The van der Waals surface area contributed by atoms with Crippen molar-refractivity contribution in [3.8, 4) is 0 Å². The van der Waals surface area contributed by atoms with E-state index in [2.05, 4.69) is 5.32 Å². The average molecular weight is 306 g/mol. The van der Waals surface area contributed by atoms with E-state index in [0.29, 0.717) is 23.3 Å². The zero-order chi connectivity index (χ0) is 16.4. The molecule has 1 heterocycles. The third kappa shape index (κ3) is 2.88. The molecular weight excluding hydrogens is 288 g/mol. The highest BCUT2D eigenvalue weighted by Crippen LogP contribution is 2.15. The van der Waals surface area contributed by atoms with Gasteiger partial charge in [0, 0.05) is 17.6 Å². The molecule has 4 nitrogen and oxygen atoms in total. The number of benzene rings is 2. The van der Waals surface area contributed by atoms with E-state index >= 15 is 0 Å². The third-order valence-corrected chi connectivity index (χ3v) is 3.88. The summed E-state index contributed by atoms with van der Waals surface area (Å²) in [6.45, 7) is 4.29. The lowest BCUT2D eigenvalue weighted by atomic mass is 10.1. The van der Waals surface area contributed by atoms with Crippen LogP contribution in [0.5, 0.6) is 0 Å². The minimum atomic E-state index is -0.279. The molecule has 1 N–H and O–H groups in total. The predicted octanol–water partition coefficient (Wildman–Crippen LogP) is 3.58. The molecule has 1 amide bonds. The number of aromatic nitrogens is 1. The Morgan fingerprint density at radius 1 is 1.09 bits per heavy atom. The van der Waals surface area contributed by atoms with Gasteiger partial charge in [0.15, 0.2) is 0 Å². The van der Waals surface area contributed by atoms with Gasteiger partial charge in [0.2, 0.25) is 0 Å². The van der Waals surface area contributed by atoms with E-state index in [1.165, 1.54) is 4.57 Å². The Hall–Kier alpha value is -2.88. The number of hydrogen-bond donors (Lipinski definition) is 1. The smallest absolute Gasteiger partial charge is 0.272 e. The first-order valence-corrected chi connectivity index (χ1v) is 7.60. The van der Waals surface area contributed by atoms with Gasteiger partial charge in [-0.1, -0.05) is 35.9 Å². The Kier molecular flexibility index (Phi) is 3.98. The molecule has 0 unspecified atom stereocenters. The SMILES string of the molecule is CCn1c(C(=O)Nc2ccc(C)cc2)cc2ccccc2c1=O. The lowest BCUT2D eigenvalue weighted by Gasteiger charge is -2.13. The summed E-state index contributed by atoms with van der Waals surface area (Å²) in [4.78, 5) is 25.2. The van der Waals surface area contributed by atoms with Crippen molar-refractivity contribution in [1.82, 2.24) is 4.57 Å². The van der Waals surface area contributed by atoms with Gasteiger partial charge < -0.3 is 9.88 Å². The molecule has 0 atom stereocenters. The van der Waals surface area contributed by atoms with Gasteiger partial charge in [-0.05, 0) is 43.5 Å². The lowest BCUT2D eigenvalue weighted by molar-refractivity contribution is 0.101. The van der Waals surface area contributed by atoms with Crippen molar-refractivity contribution >= 4 is 22.4 Å². The van der Waals surface area contributed by atoms with E-state index in [0.717, 1.165) is 10.9 Å². The Bertz CT molecular complexity index is 924. The van der Waals surface area contributed by atoms with Gasteiger partial charge in [-0.3, -0.25) is 9.59 Å². The zero-order valence-electron chi connectivity index (χ0n) is 13.2. The molecule has 0 saturated heterocycles. The molecular formula is C19H18N2O2. The fourth-order valence-corrected chi connectivity index (χ4v) is 2.63. The van der Waals surface area contributed by atoms with E-state index in [-0.39, 0.29) is 11.5 Å². The van der Waals surface area contributed by atoms with Crippen molar-refractivity contribution in [3.05, 3.63) is 76.2 Å². The Morgan fingerprint density at radius 3 is 2.48 bits per heavy atom. The summed E-state index contributed by atoms with van der Waals surface area (Å²) >= 11 is 0. The first-order valence-electron chi connectivity index (χ1n) is 7.60. The van der Waals surface area contributed by atoms with Crippen LogP contribution in [0.25, 0.3) is 10.8 Å². The summed E-state index contributed by atoms with van der Waals surface area (Å²) in [7, 11) is 0. The topological polar surface area (TPSA) is 51.1 Å². The molecule has 4 heteroatoms. The van der Waals surface area contributed by atoms with Crippen LogP contribution in [0.15, 0.2) is 59.4 Å². The maximum Gasteiger partial charge on any atom is 0.272 e. The average Bonchev–Trinajstić information content (AvgIpc) is 2.57. The Labute approximate surface area is 134 Å². The van der Waals surface area contributed by atoms with Gasteiger partial charge in [0.1, 0.15) is 5.69 Å². The molecule has 0 aliphatic carbocycles. The van der Waals surface area contributed by atoms with Gasteiger partial charge in [-0.2, -0.15) is 0 Å². The van der Waals surface area contributed by atoms with Gasteiger partial charge in [0.25, 0.3) is 11.5 Å². The second kappa shape index (κ2) is 6.08. The first-order chi connectivity index (χ1) is 11.1. The molecule has 23 heavy (non-hydrogen) atoms. The molecule has 0 spiro atoms. The Balaban J connectivity index is 2.06. The zero-order valence-corrected chi connectivity index (χ0v) is 13.2. The highest BCUT2D eigenvalue weighted by Gasteiger charge is 2.14. The van der Waals surface area contributed by atoms with Crippen molar-refractivity contribution < 1.29 is 4.79 Å². The minimum absolute atomic E-state index is 0.139. The fourth-order valence-electron chi connectivity index (χ4n) is 2.63. The predicted molar refractivity (Wildman–Crippen MR) is 93.0 cm³/mol. The summed E-state index contributed by atoms with van der Waals surface area (Å²) in [5.74, 6) is -0.279. The molecule has 3 aromatic rings. The number of rotatable bonds is 3. The number of fused-ring (bicyclic) bond motifs is 1. The minimum Gasteiger partial charge on any atom is -0.321 e. The fraction of sp³-hybridized carbons (Fsp3) is 0.158. The number of carbonyl (C=O) groups excluding carboxylic acids is 1. The maximum absolute atomic E-state index is 12.6. The molecule has 1 aromatic heterocycles. The van der Waals surface area contributed by atoms with Crippen LogP contribution in [0.3, 0.4) is 0 Å². The van der Waals surface area contributed by atoms with E-state index in [4.69, 9.17) is 0 Å². The summed E-state index contributed by atoms with van der Waals surface area (Å²) in [5, 5.41) is 4.25. The first kappa shape index (κ1) is 15.0. The van der Waals surface area contributed by atoms with Crippen LogP contribution in [-0.2, 0) is 6.54 Å². The number of nitrogens with one attached hydrogen (secondary N) is 1. The van der Waals surface area contributed by atoms with Crippen molar-refractivity contribution in [1.29, 1.82) is 0 Å². The summed E-state index contributed by atoms with van der Waals surface area (Å²) in [5.41, 5.74) is 2.07. The van der Waals surface area contributed by atoms with Gasteiger partial charge in [-0.25, -0.2) is 0 Å². The van der Waals surface area contributed by atoms with E-state index in [1.54, 1.807) is 12.1 Å². The van der Waals surface area contributed by atoms with Crippen molar-refractivity contribution in [3.63, 3.8) is 0 Å². The number of pyridine rings is 1. The molecule has 0 aliphatic rings. The number of carbonyl (C=O) groups is 1. The van der Waals surface area contributed by atoms with Crippen molar-refractivity contribution in [2.45, 2.75) is 20.4 Å². The van der Waals surface area contributed by atoms with Crippen LogP contribution >= 0.6 is 0 Å². The second-order valence-electron chi connectivity index (χ2n) is 5.49. The maximum atomic E-state index is 12.6. The molecule has 3 rings (SSSR count). The molecule has 0 radical (unpaired) electrons. The number of nitrogens with zero attached hydrogens (tertiary/aromatic N) is 1. The van der Waals surface area contributed by atoms with Crippen LogP contribution in [-0.4, -0.2) is 10.5 Å². The normalized spacial score (nSPS) is 10.7. The third-order valence-electron chi connectivity index (χ3n) is 3.88. The van der Waals surface area contributed by atoms with Crippen LogP contribution in [0.4, 0.5) is 5.69 Å². The quantitative estimate of drug-likeness (QED) is 0.804. The lowest BCUT2D eigenvalue weighted by Crippen LogP contribution is -2.28. The highest BCUT2D eigenvalue weighted by molar-refractivity contribution is 6.05. The standard InChI is InChI=1S/C19H18N2O2/c1-3-21-17(12-14-6-4-5-7-16(14)19(21)23)18(22)20-15-10-8-13(2)9-11-15/h4-12H,3H2,1-2H3,(H,20,22). The highest BCUT2D eigenvalue weighted by atomic mass is 16.2. The van der Waals surface area contributed by atoms with E-state index in [9.17, 15) is 9.59 Å². The molecule has 116 valence electrons. The number of anilines is 1. The monoisotopic (exact) mass is 306 g/mol. The van der Waals surface area contributed by atoms with Gasteiger partial charge in [-0.15, -0.1) is 0 Å². The number of hydrogen-bond acceptors (Lipinski definition) is 2. The largest absolute Gasteiger partial charge is 0.321 e. The van der Waals surface area contributed by atoms with Crippen molar-refractivity contribution in [2.75, 3.05) is 5.32 Å². The molecule has 0 fully saturated rings. The second-order valence-corrected chi connectivity index (χ2v) is 5.49. The van der Waals surface area contributed by atoms with E-state index < -0.39 is 0 Å². The molecule has 0 bridgehead atoms. The summed E-state index contributed by atoms with van der Waals surface area (Å²) in [6.07, 6.45) is 0. The molecule has 2 aromatic carbocycles. The van der Waals surface area contributed by atoms with E-state index in [1.807, 2.05) is 56.3 Å². The number of amides is 1. The summed E-state index contributed by atoms with van der Waals surface area (Å²) in [6, 6.07) is 16.7. The summed E-state index contributed by atoms with van der Waals surface area (Å²) < 4.78 is 1.51. The van der Waals surface area contributed by atoms with Crippen LogP contribution in [0, 0.1) is 6.92 Å². The molecule has 0 aliphatic heterocycles. The molecule has 0 saturated carbocycles. The van der Waals surface area contributed by atoms with Crippen LogP contribution < -0.4 is 10.9 Å². The number of aryl methyl sites for hydroxylation is 1. The van der Waals surface area contributed by atoms with Crippen LogP contribution in [0.1, 0.15) is 23.0 Å². The van der Waals surface area contributed by atoms with Gasteiger partial charge >= 0.3 is 0 Å².